The van der Waals surface area contributed by atoms with Crippen LogP contribution in [0.3, 0.4) is 0 Å². The first-order chi connectivity index (χ1) is 11.4. The SMILES string of the molecule is CN(C)c1cccc(N2C(=O)C(O)=C(c3ccc(Cl)cc3)C2=O)c1. The van der Waals surface area contributed by atoms with Crippen LogP contribution < -0.4 is 9.80 Å². The van der Waals surface area contributed by atoms with E-state index in [0.717, 1.165) is 10.6 Å². The Balaban J connectivity index is 2.02. The minimum Gasteiger partial charge on any atom is -0.502 e. The number of carbonyl (C=O) groups is 2. The maximum Gasteiger partial charge on any atom is 0.301 e. The Labute approximate surface area is 144 Å². The van der Waals surface area contributed by atoms with Gasteiger partial charge >= 0.3 is 5.91 Å². The Morgan fingerprint density at radius 1 is 1.00 bits per heavy atom. The quantitative estimate of drug-likeness (QED) is 0.870. The van der Waals surface area contributed by atoms with Crippen LogP contribution in [0.1, 0.15) is 5.56 Å². The number of carbonyl (C=O) groups excluding carboxylic acids is 2. The first-order valence-electron chi connectivity index (χ1n) is 7.25. The summed E-state index contributed by atoms with van der Waals surface area (Å²) < 4.78 is 0. The summed E-state index contributed by atoms with van der Waals surface area (Å²) in [5.74, 6) is -1.85. The van der Waals surface area contributed by atoms with Gasteiger partial charge in [-0.05, 0) is 35.9 Å². The van der Waals surface area contributed by atoms with E-state index in [4.69, 9.17) is 11.6 Å². The maximum absolute atomic E-state index is 12.7. The molecule has 0 radical (unpaired) electrons. The number of aliphatic hydroxyl groups is 1. The van der Waals surface area contributed by atoms with Crippen molar-refractivity contribution in [2.45, 2.75) is 0 Å². The number of anilines is 2. The smallest absolute Gasteiger partial charge is 0.301 e. The molecule has 1 N–H and O–H groups in total. The highest BCUT2D eigenvalue weighted by Crippen LogP contribution is 2.33. The van der Waals surface area contributed by atoms with Gasteiger partial charge in [-0.25, -0.2) is 4.90 Å². The normalized spacial score (nSPS) is 14.5. The van der Waals surface area contributed by atoms with E-state index in [1.54, 1.807) is 42.5 Å². The Hall–Kier alpha value is -2.79. The zero-order valence-electron chi connectivity index (χ0n) is 13.2. The van der Waals surface area contributed by atoms with E-state index < -0.39 is 17.6 Å². The van der Waals surface area contributed by atoms with Crippen molar-refractivity contribution < 1.29 is 14.7 Å². The van der Waals surface area contributed by atoms with E-state index in [9.17, 15) is 14.7 Å². The van der Waals surface area contributed by atoms with Gasteiger partial charge in [-0.15, -0.1) is 0 Å². The highest BCUT2D eigenvalue weighted by atomic mass is 35.5. The fourth-order valence-corrected chi connectivity index (χ4v) is 2.67. The lowest BCUT2D eigenvalue weighted by molar-refractivity contribution is -0.121. The third kappa shape index (κ3) is 2.63. The molecule has 1 aliphatic heterocycles. The Morgan fingerprint density at radius 3 is 2.29 bits per heavy atom. The second-order valence-electron chi connectivity index (χ2n) is 5.59. The molecule has 0 saturated carbocycles. The van der Waals surface area contributed by atoms with Crippen molar-refractivity contribution in [2.24, 2.45) is 0 Å². The van der Waals surface area contributed by atoms with Crippen LogP contribution in [0.2, 0.25) is 5.02 Å². The van der Waals surface area contributed by atoms with Crippen LogP contribution in [-0.4, -0.2) is 31.0 Å². The lowest BCUT2D eigenvalue weighted by Gasteiger charge is -2.18. The fourth-order valence-electron chi connectivity index (χ4n) is 2.54. The summed E-state index contributed by atoms with van der Waals surface area (Å²) in [5.41, 5.74) is 1.67. The molecule has 1 heterocycles. The van der Waals surface area contributed by atoms with Crippen molar-refractivity contribution in [3.8, 4) is 0 Å². The molecule has 2 aromatic rings. The van der Waals surface area contributed by atoms with Crippen molar-refractivity contribution >= 4 is 40.4 Å². The van der Waals surface area contributed by atoms with Crippen molar-refractivity contribution in [3.63, 3.8) is 0 Å². The number of amides is 2. The van der Waals surface area contributed by atoms with Crippen molar-refractivity contribution in [2.75, 3.05) is 23.9 Å². The van der Waals surface area contributed by atoms with Crippen LogP contribution in [0.15, 0.2) is 54.3 Å². The monoisotopic (exact) mass is 342 g/mol. The first kappa shape index (κ1) is 16.1. The molecule has 0 aromatic heterocycles. The number of hydrogen-bond acceptors (Lipinski definition) is 4. The first-order valence-corrected chi connectivity index (χ1v) is 7.63. The van der Waals surface area contributed by atoms with Gasteiger partial charge in [-0.1, -0.05) is 29.8 Å². The molecule has 0 spiro atoms. The van der Waals surface area contributed by atoms with Gasteiger partial charge in [0.05, 0.1) is 11.3 Å². The van der Waals surface area contributed by atoms with Crippen molar-refractivity contribution in [1.82, 2.24) is 0 Å². The number of hydrogen-bond donors (Lipinski definition) is 1. The van der Waals surface area contributed by atoms with Crippen molar-refractivity contribution in [1.29, 1.82) is 0 Å². The highest BCUT2D eigenvalue weighted by molar-refractivity contribution is 6.45. The summed E-state index contributed by atoms with van der Waals surface area (Å²) in [5, 5.41) is 10.7. The maximum atomic E-state index is 12.7. The molecule has 2 aromatic carbocycles. The van der Waals surface area contributed by atoms with Gasteiger partial charge in [-0.2, -0.15) is 0 Å². The lowest BCUT2D eigenvalue weighted by Crippen LogP contribution is -2.31. The minimum atomic E-state index is -0.735. The predicted octanol–water partition coefficient (Wildman–Crippen LogP) is 3.25. The van der Waals surface area contributed by atoms with E-state index in [2.05, 4.69) is 0 Å². The molecule has 2 amide bonds. The van der Waals surface area contributed by atoms with Crippen LogP contribution in [0.5, 0.6) is 0 Å². The van der Waals surface area contributed by atoms with Gasteiger partial charge in [0.1, 0.15) is 0 Å². The number of halogens is 1. The molecule has 0 unspecified atom stereocenters. The molecule has 0 aliphatic carbocycles. The number of imide groups is 1. The van der Waals surface area contributed by atoms with Gasteiger partial charge in [0.15, 0.2) is 5.76 Å². The second kappa shape index (κ2) is 6.02. The second-order valence-corrected chi connectivity index (χ2v) is 6.03. The predicted molar refractivity (Wildman–Crippen MR) is 94.3 cm³/mol. The highest BCUT2D eigenvalue weighted by Gasteiger charge is 2.40. The van der Waals surface area contributed by atoms with E-state index in [1.807, 2.05) is 25.1 Å². The summed E-state index contributed by atoms with van der Waals surface area (Å²) in [6.45, 7) is 0. The fraction of sp³-hybridized carbons (Fsp3) is 0.111. The molecule has 6 heteroatoms. The number of rotatable bonds is 3. The molecule has 0 atom stereocenters. The molecule has 0 fully saturated rings. The average molecular weight is 343 g/mol. The lowest BCUT2D eigenvalue weighted by atomic mass is 10.1. The zero-order chi connectivity index (χ0) is 17.4. The van der Waals surface area contributed by atoms with Gasteiger partial charge in [0, 0.05) is 24.8 Å². The molecule has 24 heavy (non-hydrogen) atoms. The molecule has 122 valence electrons. The van der Waals surface area contributed by atoms with E-state index in [1.165, 1.54) is 0 Å². The van der Waals surface area contributed by atoms with E-state index in [-0.39, 0.29) is 5.57 Å². The van der Waals surface area contributed by atoms with Crippen molar-refractivity contribution in [3.05, 3.63) is 64.9 Å². The Bertz CT molecular complexity index is 857. The van der Waals surface area contributed by atoms with Gasteiger partial charge in [-0.3, -0.25) is 9.59 Å². The number of nitrogens with zero attached hydrogens (tertiary/aromatic N) is 2. The summed E-state index contributed by atoms with van der Waals surface area (Å²) in [7, 11) is 3.73. The van der Waals surface area contributed by atoms with Crippen LogP contribution in [0, 0.1) is 0 Å². The minimum absolute atomic E-state index is 0.0214. The number of benzene rings is 2. The molecule has 3 rings (SSSR count). The molecule has 5 nitrogen and oxygen atoms in total. The van der Waals surface area contributed by atoms with Crippen LogP contribution in [0.25, 0.3) is 5.57 Å². The zero-order valence-corrected chi connectivity index (χ0v) is 13.9. The third-order valence-electron chi connectivity index (χ3n) is 3.80. The van der Waals surface area contributed by atoms with Gasteiger partial charge in [0.25, 0.3) is 5.91 Å². The third-order valence-corrected chi connectivity index (χ3v) is 4.05. The van der Waals surface area contributed by atoms with Gasteiger partial charge < -0.3 is 10.0 Å². The Kier molecular flexibility index (Phi) is 4.03. The largest absolute Gasteiger partial charge is 0.502 e. The number of aliphatic hydroxyl groups excluding tert-OH is 1. The van der Waals surface area contributed by atoms with E-state index in [0.29, 0.717) is 16.3 Å². The van der Waals surface area contributed by atoms with E-state index >= 15 is 0 Å². The molecule has 1 aliphatic rings. The molecule has 0 saturated heterocycles. The standard InChI is InChI=1S/C18H15ClN2O3/c1-20(2)13-4-3-5-14(10-13)21-17(23)15(16(22)18(21)24)11-6-8-12(19)9-7-11/h3-10,22H,1-2H3. The molecular weight excluding hydrogens is 328 g/mol. The summed E-state index contributed by atoms with van der Waals surface area (Å²) in [6.07, 6.45) is 0. The average Bonchev–Trinajstić information content (AvgIpc) is 2.78. The molecular formula is C18H15ClN2O3. The van der Waals surface area contributed by atoms with Crippen LogP contribution >= 0.6 is 11.6 Å². The summed E-state index contributed by atoms with van der Waals surface area (Å²) >= 11 is 5.85. The summed E-state index contributed by atoms with van der Waals surface area (Å²) in [4.78, 5) is 28.0. The Morgan fingerprint density at radius 2 is 1.67 bits per heavy atom. The topological polar surface area (TPSA) is 60.9 Å². The van der Waals surface area contributed by atoms with Gasteiger partial charge in [0.2, 0.25) is 0 Å². The molecule has 0 bridgehead atoms. The summed E-state index contributed by atoms with van der Waals surface area (Å²) in [6, 6.07) is 13.4. The van der Waals surface area contributed by atoms with Crippen LogP contribution in [-0.2, 0) is 9.59 Å². The van der Waals surface area contributed by atoms with Crippen LogP contribution in [0.4, 0.5) is 11.4 Å².